The number of anilines is 3. The van der Waals surface area contributed by atoms with Gasteiger partial charge in [0, 0.05) is 38.3 Å². The van der Waals surface area contributed by atoms with Gasteiger partial charge in [-0.05, 0) is 30.2 Å². The number of nitrogens with two attached hydrogens (primary N) is 2. The highest BCUT2D eigenvalue weighted by Gasteiger charge is 2.19. The fraction of sp³-hybridized carbons (Fsp3) is 0.211. The van der Waals surface area contributed by atoms with Crippen LogP contribution in [0.15, 0.2) is 42.7 Å². The maximum absolute atomic E-state index is 12.4. The maximum Gasteiger partial charge on any atom is 0.325 e. The quantitative estimate of drug-likeness (QED) is 0.669. The topological polar surface area (TPSA) is 133 Å². The second-order valence-corrected chi connectivity index (χ2v) is 6.45. The predicted molar refractivity (Wildman–Crippen MR) is 105 cm³/mol. The predicted octanol–water partition coefficient (Wildman–Crippen LogP) is 1.67. The highest BCUT2D eigenvalue weighted by atomic mass is 16.2. The van der Waals surface area contributed by atoms with E-state index in [0.717, 1.165) is 11.3 Å². The molecule has 9 nitrogen and oxygen atoms in total. The van der Waals surface area contributed by atoms with Gasteiger partial charge < -0.3 is 11.5 Å². The second-order valence-electron chi connectivity index (χ2n) is 6.45. The summed E-state index contributed by atoms with van der Waals surface area (Å²) in [7, 11) is 1.74. The Kier molecular flexibility index (Phi) is 5.35. The zero-order valence-corrected chi connectivity index (χ0v) is 15.7. The van der Waals surface area contributed by atoms with E-state index in [0.29, 0.717) is 17.1 Å². The van der Waals surface area contributed by atoms with Gasteiger partial charge in [0.15, 0.2) is 0 Å². The second kappa shape index (κ2) is 7.87. The summed E-state index contributed by atoms with van der Waals surface area (Å²) in [6, 6.07) is 8.27. The molecule has 0 aliphatic heterocycles. The third-order valence-electron chi connectivity index (χ3n) is 4.12. The van der Waals surface area contributed by atoms with E-state index < -0.39 is 6.03 Å². The smallest absolute Gasteiger partial charge is 0.325 e. The van der Waals surface area contributed by atoms with Gasteiger partial charge in [-0.3, -0.25) is 9.48 Å². The highest BCUT2D eigenvalue weighted by molar-refractivity contribution is 5.97. The van der Waals surface area contributed by atoms with Crippen LogP contribution < -0.4 is 16.4 Å². The van der Waals surface area contributed by atoms with Crippen molar-refractivity contribution in [2.24, 2.45) is 12.8 Å². The number of urea groups is 1. The van der Waals surface area contributed by atoms with Gasteiger partial charge in [0.2, 0.25) is 5.95 Å². The largest absolute Gasteiger partial charge is 0.368 e. The minimum absolute atomic E-state index is 0.00692. The van der Waals surface area contributed by atoms with Crippen molar-refractivity contribution in [1.29, 1.82) is 0 Å². The SMILES string of the molecule is Cc1cc(N(C(N)=O)c2cccc(CC(=O)Cc3cnc(N)nc3)c2)n(C)n1. The van der Waals surface area contributed by atoms with Crippen molar-refractivity contribution in [3.05, 3.63) is 59.5 Å². The lowest BCUT2D eigenvalue weighted by atomic mass is 10.0. The van der Waals surface area contributed by atoms with Gasteiger partial charge in [-0.15, -0.1) is 0 Å². The zero-order chi connectivity index (χ0) is 20.3. The molecular weight excluding hydrogens is 358 g/mol. The number of nitrogens with zero attached hydrogens (tertiary/aromatic N) is 5. The van der Waals surface area contributed by atoms with E-state index in [-0.39, 0.29) is 24.6 Å². The summed E-state index contributed by atoms with van der Waals surface area (Å²) in [4.78, 5) is 33.6. The number of carbonyl (C=O) groups is 2. The van der Waals surface area contributed by atoms with Crippen LogP contribution in [0.4, 0.5) is 22.2 Å². The molecule has 144 valence electrons. The van der Waals surface area contributed by atoms with Crippen molar-refractivity contribution in [1.82, 2.24) is 19.7 Å². The highest BCUT2D eigenvalue weighted by Crippen LogP contribution is 2.26. The molecule has 0 saturated heterocycles. The number of aryl methyl sites for hydroxylation is 2. The minimum Gasteiger partial charge on any atom is -0.368 e. The molecule has 0 saturated carbocycles. The Morgan fingerprint density at radius 3 is 2.39 bits per heavy atom. The Bertz CT molecular complexity index is 1010. The average Bonchev–Trinajstić information content (AvgIpc) is 2.95. The van der Waals surface area contributed by atoms with Gasteiger partial charge in [0.1, 0.15) is 11.6 Å². The molecule has 0 aliphatic rings. The Morgan fingerprint density at radius 1 is 1.11 bits per heavy atom. The molecular formula is C19H21N7O2. The lowest BCUT2D eigenvalue weighted by Gasteiger charge is -2.20. The third kappa shape index (κ3) is 4.32. The van der Waals surface area contributed by atoms with Crippen molar-refractivity contribution in [2.75, 3.05) is 10.6 Å². The van der Waals surface area contributed by atoms with E-state index in [2.05, 4.69) is 15.1 Å². The van der Waals surface area contributed by atoms with E-state index in [1.807, 2.05) is 13.0 Å². The van der Waals surface area contributed by atoms with Gasteiger partial charge in [-0.2, -0.15) is 5.10 Å². The summed E-state index contributed by atoms with van der Waals surface area (Å²) in [5.74, 6) is 0.709. The van der Waals surface area contributed by atoms with E-state index >= 15 is 0 Å². The van der Waals surface area contributed by atoms with Crippen LogP contribution in [0.25, 0.3) is 0 Å². The number of nitrogen functional groups attached to an aromatic ring is 1. The molecule has 28 heavy (non-hydrogen) atoms. The standard InChI is InChI=1S/C19H21N7O2/c1-12-6-17(25(2)24-12)26(19(21)28)15-5-3-4-13(7-15)8-16(27)9-14-10-22-18(20)23-11-14/h3-7,10-11H,8-9H2,1-2H3,(H2,21,28)(H2,20,22,23). The van der Waals surface area contributed by atoms with Crippen molar-refractivity contribution in [3.8, 4) is 0 Å². The van der Waals surface area contributed by atoms with Crippen LogP contribution in [0.1, 0.15) is 16.8 Å². The van der Waals surface area contributed by atoms with Crippen LogP contribution in [0.5, 0.6) is 0 Å². The van der Waals surface area contributed by atoms with Crippen molar-refractivity contribution in [2.45, 2.75) is 19.8 Å². The first-order chi connectivity index (χ1) is 13.3. The molecule has 0 spiro atoms. The molecule has 0 unspecified atom stereocenters. The summed E-state index contributed by atoms with van der Waals surface area (Å²) < 4.78 is 1.58. The van der Waals surface area contributed by atoms with Crippen LogP contribution in [-0.4, -0.2) is 31.6 Å². The summed E-state index contributed by atoms with van der Waals surface area (Å²) in [6.07, 6.45) is 3.48. The molecule has 0 bridgehead atoms. The fourth-order valence-electron chi connectivity index (χ4n) is 2.96. The molecule has 2 amide bonds. The molecule has 2 heterocycles. The zero-order valence-electron chi connectivity index (χ0n) is 15.7. The van der Waals surface area contributed by atoms with Gasteiger partial charge in [0.25, 0.3) is 0 Å². The Hall–Kier alpha value is -3.75. The number of benzene rings is 1. The number of primary amides is 1. The first kappa shape index (κ1) is 19.0. The number of carbonyl (C=O) groups excluding carboxylic acids is 2. The summed E-state index contributed by atoms with van der Waals surface area (Å²) in [6.45, 7) is 1.83. The average molecular weight is 379 g/mol. The molecule has 3 aromatic rings. The number of rotatable bonds is 6. The summed E-state index contributed by atoms with van der Waals surface area (Å²) in [5.41, 5.74) is 13.8. The van der Waals surface area contributed by atoms with Crippen molar-refractivity contribution < 1.29 is 9.59 Å². The number of hydrogen-bond donors (Lipinski definition) is 2. The third-order valence-corrected chi connectivity index (χ3v) is 4.12. The Morgan fingerprint density at radius 2 is 1.79 bits per heavy atom. The van der Waals surface area contributed by atoms with Crippen LogP contribution in [0.2, 0.25) is 0 Å². The number of hydrogen-bond acceptors (Lipinski definition) is 6. The normalized spacial score (nSPS) is 10.6. The molecule has 9 heteroatoms. The monoisotopic (exact) mass is 379 g/mol. The number of amides is 2. The molecule has 0 radical (unpaired) electrons. The van der Waals surface area contributed by atoms with Gasteiger partial charge in [-0.25, -0.2) is 19.7 Å². The Labute approximate surface area is 162 Å². The number of Topliss-reactive ketones (excluding diaryl/α,β-unsaturated/α-hetero) is 1. The van der Waals surface area contributed by atoms with E-state index in [9.17, 15) is 9.59 Å². The van der Waals surface area contributed by atoms with Crippen LogP contribution in [-0.2, 0) is 24.7 Å². The summed E-state index contributed by atoms with van der Waals surface area (Å²) >= 11 is 0. The summed E-state index contributed by atoms with van der Waals surface area (Å²) in [5, 5.41) is 4.26. The maximum atomic E-state index is 12.4. The Balaban J connectivity index is 1.80. The first-order valence-corrected chi connectivity index (χ1v) is 8.60. The molecule has 1 aromatic carbocycles. The van der Waals surface area contributed by atoms with Crippen LogP contribution in [0, 0.1) is 6.92 Å². The number of aromatic nitrogens is 4. The van der Waals surface area contributed by atoms with Crippen molar-refractivity contribution >= 4 is 29.3 Å². The fourth-order valence-corrected chi connectivity index (χ4v) is 2.96. The van der Waals surface area contributed by atoms with Crippen LogP contribution in [0.3, 0.4) is 0 Å². The van der Waals surface area contributed by atoms with E-state index in [1.165, 1.54) is 17.3 Å². The van der Waals surface area contributed by atoms with E-state index in [4.69, 9.17) is 11.5 Å². The first-order valence-electron chi connectivity index (χ1n) is 8.60. The molecule has 0 fully saturated rings. The lowest BCUT2D eigenvalue weighted by Crippen LogP contribution is -2.33. The van der Waals surface area contributed by atoms with Crippen molar-refractivity contribution in [3.63, 3.8) is 0 Å². The van der Waals surface area contributed by atoms with Gasteiger partial charge in [-0.1, -0.05) is 12.1 Å². The van der Waals surface area contributed by atoms with E-state index in [1.54, 1.807) is 36.0 Å². The molecule has 0 atom stereocenters. The van der Waals surface area contributed by atoms with Crippen LogP contribution >= 0.6 is 0 Å². The van der Waals surface area contributed by atoms with Gasteiger partial charge >= 0.3 is 6.03 Å². The minimum atomic E-state index is -0.634. The molecule has 0 aliphatic carbocycles. The number of ketones is 1. The lowest BCUT2D eigenvalue weighted by molar-refractivity contribution is -0.117. The molecule has 2 aromatic heterocycles. The molecule has 4 N–H and O–H groups in total. The molecule has 3 rings (SSSR count). The van der Waals surface area contributed by atoms with Gasteiger partial charge in [0.05, 0.1) is 11.4 Å².